The molecule has 0 radical (unpaired) electrons. The average molecular weight is 235 g/mol. The third-order valence-electron chi connectivity index (χ3n) is 3.44. The van der Waals surface area contributed by atoms with Gasteiger partial charge in [-0.15, -0.1) is 0 Å². The van der Waals surface area contributed by atoms with Crippen LogP contribution in [-0.2, 0) is 10.2 Å². The summed E-state index contributed by atoms with van der Waals surface area (Å²) >= 11 is 0. The fraction of sp³-hybridized carbons (Fsp3) is 0.500. The van der Waals surface area contributed by atoms with Crippen LogP contribution >= 0.6 is 0 Å². The fourth-order valence-electron chi connectivity index (χ4n) is 2.70. The molecule has 0 unspecified atom stereocenters. The van der Waals surface area contributed by atoms with Crippen LogP contribution in [0.2, 0.25) is 0 Å². The fourth-order valence-corrected chi connectivity index (χ4v) is 2.70. The van der Waals surface area contributed by atoms with Gasteiger partial charge in [-0.3, -0.25) is 4.79 Å². The van der Waals surface area contributed by atoms with Crippen LogP contribution in [0, 0.1) is 0 Å². The van der Waals surface area contributed by atoms with E-state index in [2.05, 4.69) is 17.9 Å². The van der Waals surface area contributed by atoms with Crippen LogP contribution < -0.4 is 5.73 Å². The van der Waals surface area contributed by atoms with Gasteiger partial charge in [0, 0.05) is 5.41 Å². The number of hydrogen-bond acceptors (Lipinski definition) is 2. The van der Waals surface area contributed by atoms with Crippen molar-refractivity contribution < 1.29 is 9.90 Å². The lowest BCUT2D eigenvalue weighted by atomic mass is 9.76. The van der Waals surface area contributed by atoms with Crippen molar-refractivity contribution in [3.05, 3.63) is 35.9 Å². The molecule has 0 bridgehead atoms. The maximum atomic E-state index is 10.9. The number of hydrogen-bond donors (Lipinski definition) is 2. The van der Waals surface area contributed by atoms with Gasteiger partial charge in [0.2, 0.25) is 0 Å². The van der Waals surface area contributed by atoms with Crippen molar-refractivity contribution in [2.45, 2.75) is 37.5 Å². The van der Waals surface area contributed by atoms with Crippen LogP contribution in [0.4, 0.5) is 0 Å². The summed E-state index contributed by atoms with van der Waals surface area (Å²) in [5.74, 6) is -0.680. The Morgan fingerprint density at radius 2 is 1.76 bits per heavy atom. The van der Waals surface area contributed by atoms with Crippen LogP contribution in [0.1, 0.15) is 37.7 Å². The average Bonchev–Trinajstić information content (AvgIpc) is 2.82. The van der Waals surface area contributed by atoms with Crippen molar-refractivity contribution in [3.63, 3.8) is 0 Å². The minimum atomic E-state index is -0.680. The molecule has 3 N–H and O–H groups in total. The van der Waals surface area contributed by atoms with Gasteiger partial charge in [-0.05, 0) is 25.5 Å². The number of benzene rings is 1. The van der Waals surface area contributed by atoms with E-state index in [0.717, 1.165) is 25.7 Å². The van der Waals surface area contributed by atoms with Gasteiger partial charge in [0.05, 0.1) is 6.42 Å². The molecule has 1 aromatic carbocycles. The van der Waals surface area contributed by atoms with E-state index in [0.29, 0.717) is 0 Å². The normalized spacial score (nSPS) is 17.1. The number of carbonyl (C=O) groups is 1. The third-order valence-corrected chi connectivity index (χ3v) is 3.44. The summed E-state index contributed by atoms with van der Waals surface area (Å²) in [4.78, 5) is 10.9. The predicted molar refractivity (Wildman–Crippen MR) is 69.0 cm³/mol. The lowest BCUT2D eigenvalue weighted by Crippen LogP contribution is -2.25. The van der Waals surface area contributed by atoms with Gasteiger partial charge in [-0.25, -0.2) is 0 Å². The van der Waals surface area contributed by atoms with E-state index in [9.17, 15) is 4.79 Å². The van der Waals surface area contributed by atoms with E-state index in [1.54, 1.807) is 0 Å². The Hall–Kier alpha value is -1.35. The standard InChI is InChI=1S/C13H16O2.CH5N/c14-12(15)10-13(8-4-5-9-13)11-6-2-1-3-7-11;1-2/h1-3,6-7H,4-5,8-10H2,(H,14,15);2H2,1H3. The van der Waals surface area contributed by atoms with Gasteiger partial charge in [0.15, 0.2) is 0 Å². The summed E-state index contributed by atoms with van der Waals surface area (Å²) in [5, 5.41) is 9.00. The number of nitrogens with two attached hydrogens (primary N) is 1. The Labute approximate surface area is 103 Å². The molecule has 1 fully saturated rings. The Morgan fingerprint density at radius 1 is 1.24 bits per heavy atom. The first kappa shape index (κ1) is 13.7. The van der Waals surface area contributed by atoms with E-state index in [4.69, 9.17) is 5.11 Å². The molecular formula is C14H21NO2. The molecule has 1 aliphatic carbocycles. The SMILES string of the molecule is CN.O=C(O)CC1(c2ccccc2)CCCC1. The molecule has 0 spiro atoms. The zero-order valence-corrected chi connectivity index (χ0v) is 10.4. The van der Waals surface area contributed by atoms with Gasteiger partial charge in [-0.2, -0.15) is 0 Å². The molecule has 17 heavy (non-hydrogen) atoms. The predicted octanol–water partition coefficient (Wildman–Crippen LogP) is 2.55. The van der Waals surface area contributed by atoms with E-state index >= 15 is 0 Å². The van der Waals surface area contributed by atoms with Gasteiger partial charge in [0.25, 0.3) is 0 Å². The monoisotopic (exact) mass is 235 g/mol. The van der Waals surface area contributed by atoms with Gasteiger partial charge in [0.1, 0.15) is 0 Å². The molecule has 1 aliphatic rings. The van der Waals surface area contributed by atoms with Gasteiger partial charge < -0.3 is 10.8 Å². The molecule has 0 saturated heterocycles. The first-order valence-electron chi connectivity index (χ1n) is 6.08. The van der Waals surface area contributed by atoms with Gasteiger partial charge >= 0.3 is 5.97 Å². The highest BCUT2D eigenvalue weighted by Crippen LogP contribution is 2.43. The summed E-state index contributed by atoms with van der Waals surface area (Å²) in [5.41, 5.74) is 5.61. The van der Waals surface area contributed by atoms with Crippen LogP contribution in [-0.4, -0.2) is 18.1 Å². The third kappa shape index (κ3) is 3.30. The quantitative estimate of drug-likeness (QED) is 0.846. The smallest absolute Gasteiger partial charge is 0.304 e. The molecule has 1 aromatic rings. The summed E-state index contributed by atoms with van der Waals surface area (Å²) < 4.78 is 0. The molecular weight excluding hydrogens is 214 g/mol. The second-order valence-corrected chi connectivity index (χ2v) is 4.42. The molecule has 3 nitrogen and oxygen atoms in total. The van der Waals surface area contributed by atoms with Crippen LogP contribution in [0.15, 0.2) is 30.3 Å². The first-order valence-corrected chi connectivity index (χ1v) is 6.08. The topological polar surface area (TPSA) is 63.3 Å². The van der Waals surface area contributed by atoms with Crippen molar-refractivity contribution in [1.82, 2.24) is 0 Å². The second kappa shape index (κ2) is 6.40. The Bertz CT molecular complexity index is 342. The Kier molecular flexibility index (Phi) is 5.16. The maximum Gasteiger partial charge on any atom is 0.304 e. The summed E-state index contributed by atoms with van der Waals surface area (Å²) in [6.07, 6.45) is 4.62. The van der Waals surface area contributed by atoms with Gasteiger partial charge in [-0.1, -0.05) is 43.2 Å². The van der Waals surface area contributed by atoms with E-state index in [-0.39, 0.29) is 11.8 Å². The Balaban J connectivity index is 0.000000686. The number of rotatable bonds is 3. The summed E-state index contributed by atoms with van der Waals surface area (Å²) in [7, 11) is 1.50. The first-order chi connectivity index (χ1) is 8.23. The molecule has 0 heterocycles. The van der Waals surface area contributed by atoms with Crippen molar-refractivity contribution in [1.29, 1.82) is 0 Å². The largest absolute Gasteiger partial charge is 0.481 e. The zero-order valence-electron chi connectivity index (χ0n) is 10.4. The van der Waals surface area contributed by atoms with E-state index in [1.807, 2.05) is 18.2 Å². The summed E-state index contributed by atoms with van der Waals surface area (Å²) in [6.45, 7) is 0. The van der Waals surface area contributed by atoms with Crippen LogP contribution in [0.5, 0.6) is 0 Å². The van der Waals surface area contributed by atoms with Crippen molar-refractivity contribution in [3.8, 4) is 0 Å². The molecule has 1 saturated carbocycles. The lowest BCUT2D eigenvalue weighted by molar-refractivity contribution is -0.138. The van der Waals surface area contributed by atoms with Crippen LogP contribution in [0.3, 0.4) is 0 Å². The van der Waals surface area contributed by atoms with Crippen LogP contribution in [0.25, 0.3) is 0 Å². The minimum Gasteiger partial charge on any atom is -0.481 e. The molecule has 2 rings (SSSR count). The number of aliphatic carboxylic acids is 1. The molecule has 0 amide bonds. The maximum absolute atomic E-state index is 10.9. The highest BCUT2D eigenvalue weighted by molar-refractivity contribution is 5.69. The molecule has 0 aromatic heterocycles. The number of carboxylic acids is 1. The highest BCUT2D eigenvalue weighted by atomic mass is 16.4. The molecule has 3 heteroatoms. The lowest BCUT2D eigenvalue weighted by Gasteiger charge is -2.27. The van der Waals surface area contributed by atoms with Crippen molar-refractivity contribution in [2.75, 3.05) is 7.05 Å². The highest BCUT2D eigenvalue weighted by Gasteiger charge is 2.37. The molecule has 94 valence electrons. The minimum absolute atomic E-state index is 0.0902. The molecule has 0 aliphatic heterocycles. The summed E-state index contributed by atoms with van der Waals surface area (Å²) in [6, 6.07) is 10.1. The van der Waals surface area contributed by atoms with E-state index in [1.165, 1.54) is 12.6 Å². The number of carboxylic acid groups (broad SMARTS) is 1. The van der Waals surface area contributed by atoms with E-state index < -0.39 is 5.97 Å². The van der Waals surface area contributed by atoms with Crippen molar-refractivity contribution >= 4 is 5.97 Å². The van der Waals surface area contributed by atoms with Crippen molar-refractivity contribution in [2.24, 2.45) is 5.73 Å². The zero-order chi connectivity index (χ0) is 12.7. The Morgan fingerprint density at radius 3 is 2.24 bits per heavy atom. The second-order valence-electron chi connectivity index (χ2n) is 4.42. The molecule has 0 atom stereocenters.